The van der Waals surface area contributed by atoms with Crippen LogP contribution in [0.25, 0.3) is 0 Å². The predicted octanol–water partition coefficient (Wildman–Crippen LogP) is 1.90. The molecule has 2 heterocycles. The van der Waals surface area contributed by atoms with Crippen molar-refractivity contribution in [2.45, 2.75) is 26.8 Å². The Morgan fingerprint density at radius 1 is 1.24 bits per heavy atom. The van der Waals surface area contributed by atoms with Crippen LogP contribution in [0.5, 0.6) is 0 Å². The van der Waals surface area contributed by atoms with Crippen LogP contribution >= 0.6 is 0 Å². The summed E-state index contributed by atoms with van der Waals surface area (Å²) < 4.78 is 5.19. The Balaban J connectivity index is 1.64. The van der Waals surface area contributed by atoms with Crippen LogP contribution in [0.1, 0.15) is 38.9 Å². The van der Waals surface area contributed by atoms with Crippen LogP contribution in [0.2, 0.25) is 0 Å². The van der Waals surface area contributed by atoms with Gasteiger partial charge in [-0.05, 0) is 31.0 Å². The fraction of sp³-hybridized carbons (Fsp3) is 0.222. The van der Waals surface area contributed by atoms with E-state index < -0.39 is 11.5 Å². The summed E-state index contributed by atoms with van der Waals surface area (Å²) in [5.41, 5.74) is 2.08. The van der Waals surface area contributed by atoms with Crippen molar-refractivity contribution in [1.29, 1.82) is 0 Å². The molecule has 0 atom stereocenters. The summed E-state index contributed by atoms with van der Waals surface area (Å²) in [5, 5.41) is 6.50. The smallest absolute Gasteiger partial charge is 0.261 e. The van der Waals surface area contributed by atoms with Gasteiger partial charge in [0.15, 0.2) is 5.82 Å². The Bertz CT molecular complexity index is 944. The Hall–Kier alpha value is -3.22. The minimum atomic E-state index is -0.465. The lowest BCUT2D eigenvalue weighted by Gasteiger charge is -2.05. The summed E-state index contributed by atoms with van der Waals surface area (Å²) >= 11 is 0. The lowest BCUT2D eigenvalue weighted by atomic mass is 10.1. The molecule has 0 aliphatic heterocycles. The first-order chi connectivity index (χ1) is 12.0. The SMILES string of the molecule is Cc1cc(C)c(C(=O)NCc2noc(Cc3ccccc3)n2)c(=O)[nH]1. The maximum absolute atomic E-state index is 12.3. The largest absolute Gasteiger partial charge is 0.344 e. The second-order valence-electron chi connectivity index (χ2n) is 5.79. The zero-order chi connectivity index (χ0) is 17.8. The first kappa shape index (κ1) is 16.6. The van der Waals surface area contributed by atoms with E-state index in [4.69, 9.17) is 4.52 Å². The summed E-state index contributed by atoms with van der Waals surface area (Å²) in [6, 6.07) is 11.5. The van der Waals surface area contributed by atoms with Gasteiger partial charge in [-0.2, -0.15) is 4.98 Å². The number of hydrogen-bond donors (Lipinski definition) is 2. The van der Waals surface area contributed by atoms with Crippen molar-refractivity contribution < 1.29 is 9.32 Å². The van der Waals surface area contributed by atoms with Crippen LogP contribution in [-0.2, 0) is 13.0 Å². The van der Waals surface area contributed by atoms with Crippen LogP contribution < -0.4 is 10.9 Å². The molecule has 1 amide bonds. The molecule has 2 N–H and O–H groups in total. The zero-order valence-corrected chi connectivity index (χ0v) is 14.0. The third-order valence-corrected chi connectivity index (χ3v) is 3.71. The van der Waals surface area contributed by atoms with Gasteiger partial charge in [0.05, 0.1) is 13.0 Å². The number of carbonyl (C=O) groups is 1. The maximum Gasteiger partial charge on any atom is 0.261 e. The molecule has 7 heteroatoms. The number of nitrogens with one attached hydrogen (secondary N) is 2. The van der Waals surface area contributed by atoms with Gasteiger partial charge in [-0.15, -0.1) is 0 Å². The molecule has 128 valence electrons. The average Bonchev–Trinajstić information content (AvgIpc) is 3.00. The Kier molecular flexibility index (Phi) is 4.74. The number of nitrogens with zero attached hydrogens (tertiary/aromatic N) is 2. The molecule has 0 radical (unpaired) electrons. The van der Waals surface area contributed by atoms with Gasteiger partial charge in [-0.1, -0.05) is 35.5 Å². The summed E-state index contributed by atoms with van der Waals surface area (Å²) in [5.74, 6) is 0.369. The van der Waals surface area contributed by atoms with Crippen molar-refractivity contribution in [1.82, 2.24) is 20.4 Å². The summed E-state index contributed by atoms with van der Waals surface area (Å²) in [4.78, 5) is 31.1. The minimum absolute atomic E-state index is 0.0872. The quantitative estimate of drug-likeness (QED) is 0.740. The van der Waals surface area contributed by atoms with E-state index >= 15 is 0 Å². The molecule has 0 unspecified atom stereocenters. The molecule has 7 nitrogen and oxygen atoms in total. The van der Waals surface area contributed by atoms with Gasteiger partial charge in [0.25, 0.3) is 11.5 Å². The highest BCUT2D eigenvalue weighted by Gasteiger charge is 2.15. The van der Waals surface area contributed by atoms with Gasteiger partial charge in [0.1, 0.15) is 5.56 Å². The molecule has 25 heavy (non-hydrogen) atoms. The fourth-order valence-corrected chi connectivity index (χ4v) is 2.59. The Labute approximate surface area is 144 Å². The van der Waals surface area contributed by atoms with Gasteiger partial charge < -0.3 is 14.8 Å². The first-order valence-electron chi connectivity index (χ1n) is 7.87. The highest BCUT2D eigenvalue weighted by molar-refractivity contribution is 5.95. The van der Waals surface area contributed by atoms with E-state index in [1.807, 2.05) is 30.3 Å². The molecule has 0 fully saturated rings. The number of aromatic nitrogens is 3. The van der Waals surface area contributed by atoms with E-state index in [1.165, 1.54) is 0 Å². The monoisotopic (exact) mass is 338 g/mol. The number of hydrogen-bond acceptors (Lipinski definition) is 5. The van der Waals surface area contributed by atoms with Crippen LogP contribution in [0.3, 0.4) is 0 Å². The molecular weight excluding hydrogens is 320 g/mol. The number of pyridine rings is 1. The molecule has 3 rings (SSSR count). The average molecular weight is 338 g/mol. The highest BCUT2D eigenvalue weighted by Crippen LogP contribution is 2.08. The first-order valence-corrected chi connectivity index (χ1v) is 7.87. The number of aromatic amines is 1. The molecule has 0 saturated heterocycles. The molecule has 0 saturated carbocycles. The second-order valence-corrected chi connectivity index (χ2v) is 5.79. The molecule has 1 aromatic carbocycles. The summed E-state index contributed by atoms with van der Waals surface area (Å²) in [6.07, 6.45) is 0.526. The molecule has 0 spiro atoms. The van der Waals surface area contributed by atoms with Crippen LogP contribution in [0.15, 0.2) is 45.7 Å². The van der Waals surface area contributed by atoms with Crippen LogP contribution in [-0.4, -0.2) is 21.0 Å². The third kappa shape index (κ3) is 4.00. The topological polar surface area (TPSA) is 101 Å². The van der Waals surface area contributed by atoms with Crippen molar-refractivity contribution in [2.75, 3.05) is 0 Å². The fourth-order valence-electron chi connectivity index (χ4n) is 2.59. The lowest BCUT2D eigenvalue weighted by Crippen LogP contribution is -2.31. The van der Waals surface area contributed by atoms with E-state index in [0.717, 1.165) is 5.56 Å². The zero-order valence-electron chi connectivity index (χ0n) is 14.0. The van der Waals surface area contributed by atoms with Crippen LogP contribution in [0.4, 0.5) is 0 Å². The van der Waals surface area contributed by atoms with E-state index in [-0.39, 0.29) is 12.1 Å². The Morgan fingerprint density at radius 3 is 2.72 bits per heavy atom. The number of aryl methyl sites for hydroxylation is 2. The minimum Gasteiger partial charge on any atom is -0.344 e. The van der Waals surface area contributed by atoms with Gasteiger partial charge in [0.2, 0.25) is 5.89 Å². The third-order valence-electron chi connectivity index (χ3n) is 3.71. The molecule has 0 bridgehead atoms. The number of carbonyl (C=O) groups excluding carboxylic acids is 1. The number of amides is 1. The van der Waals surface area contributed by atoms with Gasteiger partial charge >= 0.3 is 0 Å². The molecule has 3 aromatic rings. The maximum atomic E-state index is 12.3. The standard InChI is InChI=1S/C18H18N4O3/c1-11-8-12(2)20-18(24)16(11)17(23)19-10-14-21-15(25-22-14)9-13-6-4-3-5-7-13/h3-8H,9-10H2,1-2H3,(H,19,23)(H,20,24). The van der Waals surface area contributed by atoms with Gasteiger partial charge in [-0.3, -0.25) is 9.59 Å². The molecule has 0 aliphatic rings. The normalized spacial score (nSPS) is 10.6. The molecular formula is C18H18N4O3. The number of H-pyrrole nitrogens is 1. The van der Waals surface area contributed by atoms with E-state index in [9.17, 15) is 9.59 Å². The summed E-state index contributed by atoms with van der Waals surface area (Å²) in [7, 11) is 0. The van der Waals surface area contributed by atoms with Crippen LogP contribution in [0, 0.1) is 13.8 Å². The van der Waals surface area contributed by atoms with Crippen molar-refractivity contribution >= 4 is 5.91 Å². The van der Waals surface area contributed by atoms with E-state index in [0.29, 0.717) is 29.4 Å². The van der Waals surface area contributed by atoms with Gasteiger partial charge in [-0.25, -0.2) is 0 Å². The predicted molar refractivity (Wildman–Crippen MR) is 91.3 cm³/mol. The van der Waals surface area contributed by atoms with Gasteiger partial charge in [0, 0.05) is 5.69 Å². The van der Waals surface area contributed by atoms with Crippen molar-refractivity contribution in [3.05, 3.63) is 80.9 Å². The summed E-state index contributed by atoms with van der Waals surface area (Å²) in [6.45, 7) is 3.58. The van der Waals surface area contributed by atoms with E-state index in [1.54, 1.807) is 19.9 Å². The van der Waals surface area contributed by atoms with Crippen molar-refractivity contribution in [3.63, 3.8) is 0 Å². The highest BCUT2D eigenvalue weighted by atomic mass is 16.5. The number of rotatable bonds is 5. The second kappa shape index (κ2) is 7.12. The van der Waals surface area contributed by atoms with Crippen molar-refractivity contribution in [2.24, 2.45) is 0 Å². The molecule has 0 aliphatic carbocycles. The van der Waals surface area contributed by atoms with E-state index in [2.05, 4.69) is 20.4 Å². The van der Waals surface area contributed by atoms with Crippen molar-refractivity contribution in [3.8, 4) is 0 Å². The number of benzene rings is 1. The molecule has 2 aromatic heterocycles. The lowest BCUT2D eigenvalue weighted by molar-refractivity contribution is 0.0947. The Morgan fingerprint density at radius 2 is 2.00 bits per heavy atom.